The monoisotopic (exact) mass is 433 g/mol. The van der Waals surface area contributed by atoms with Crippen molar-refractivity contribution >= 4 is 11.8 Å². The molecule has 4 rings (SSSR count). The molecule has 0 bridgehead atoms. The van der Waals surface area contributed by atoms with Crippen molar-refractivity contribution in [1.82, 2.24) is 14.8 Å². The molecule has 8 nitrogen and oxygen atoms in total. The predicted molar refractivity (Wildman–Crippen MR) is 106 cm³/mol. The highest BCUT2D eigenvalue weighted by molar-refractivity contribution is 6.00. The molecule has 0 spiro atoms. The molecule has 2 unspecified atom stereocenters. The normalized spacial score (nSPS) is 22.8. The number of halogens is 2. The number of amides is 2. The van der Waals surface area contributed by atoms with Crippen LogP contribution in [0.2, 0.25) is 0 Å². The van der Waals surface area contributed by atoms with E-state index in [1.165, 1.54) is 17.1 Å². The van der Waals surface area contributed by atoms with Gasteiger partial charge in [-0.15, -0.1) is 0 Å². The summed E-state index contributed by atoms with van der Waals surface area (Å²) in [5.41, 5.74) is -0.821. The van der Waals surface area contributed by atoms with E-state index in [4.69, 9.17) is 4.74 Å². The third-order valence-electron chi connectivity index (χ3n) is 5.55. The van der Waals surface area contributed by atoms with Gasteiger partial charge in [0.1, 0.15) is 11.4 Å². The van der Waals surface area contributed by atoms with Crippen LogP contribution in [0.4, 0.5) is 8.78 Å². The van der Waals surface area contributed by atoms with Crippen LogP contribution in [-0.2, 0) is 11.2 Å². The van der Waals surface area contributed by atoms with Gasteiger partial charge in [0.05, 0.1) is 18.5 Å². The van der Waals surface area contributed by atoms with Crippen LogP contribution in [0.25, 0.3) is 0 Å². The minimum Gasteiger partial charge on any atom is -0.503 e. The number of rotatable bonds is 5. The third kappa shape index (κ3) is 3.56. The average Bonchev–Trinajstić information content (AvgIpc) is 3.34. The number of nitrogens with zero attached hydrogens (tertiary/aromatic N) is 2. The first-order valence-electron chi connectivity index (χ1n) is 9.88. The highest BCUT2D eigenvalue weighted by Gasteiger charge is 2.49. The molecule has 31 heavy (non-hydrogen) atoms. The van der Waals surface area contributed by atoms with E-state index in [1.54, 1.807) is 4.57 Å². The molecule has 0 aliphatic carbocycles. The number of hydrogen-bond acceptors (Lipinski definition) is 5. The molecule has 0 saturated carbocycles. The van der Waals surface area contributed by atoms with E-state index in [2.05, 4.69) is 5.32 Å². The summed E-state index contributed by atoms with van der Waals surface area (Å²) >= 11 is 0. The van der Waals surface area contributed by atoms with Gasteiger partial charge in [-0.25, -0.2) is 8.78 Å². The van der Waals surface area contributed by atoms with E-state index in [1.807, 2.05) is 0 Å². The lowest BCUT2D eigenvalue weighted by atomic mass is 10.1. The Balaban J connectivity index is 1.59. The van der Waals surface area contributed by atoms with Gasteiger partial charge in [-0.2, -0.15) is 0 Å². The fourth-order valence-electron chi connectivity index (χ4n) is 4.33. The highest BCUT2D eigenvalue weighted by Crippen LogP contribution is 2.41. The van der Waals surface area contributed by atoms with E-state index < -0.39 is 40.9 Å². The molecule has 1 fully saturated rings. The third-order valence-corrected chi connectivity index (χ3v) is 5.55. The summed E-state index contributed by atoms with van der Waals surface area (Å²) < 4.78 is 33.1. The Morgan fingerprint density at radius 2 is 2.13 bits per heavy atom. The van der Waals surface area contributed by atoms with Gasteiger partial charge in [0.25, 0.3) is 11.8 Å². The Kier molecular flexibility index (Phi) is 5.48. The smallest absolute Gasteiger partial charge is 0.276 e. The first-order chi connectivity index (χ1) is 14.8. The van der Waals surface area contributed by atoms with Crippen molar-refractivity contribution < 1.29 is 28.2 Å². The molecule has 3 aliphatic heterocycles. The lowest BCUT2D eigenvalue weighted by molar-refractivity contribution is -0.0124. The van der Waals surface area contributed by atoms with E-state index in [-0.39, 0.29) is 23.8 Å². The molecular formula is C21H21F2N3O5. The van der Waals surface area contributed by atoms with Gasteiger partial charge in [0.2, 0.25) is 5.43 Å². The molecule has 1 aromatic rings. The Morgan fingerprint density at radius 1 is 1.35 bits per heavy atom. The number of carbonyl (C=O) groups is 2. The van der Waals surface area contributed by atoms with Crippen molar-refractivity contribution in [3.63, 3.8) is 0 Å². The summed E-state index contributed by atoms with van der Waals surface area (Å²) in [6.07, 6.45) is 4.93. The lowest BCUT2D eigenvalue weighted by Gasteiger charge is -2.36. The second kappa shape index (κ2) is 8.10. The van der Waals surface area contributed by atoms with Crippen molar-refractivity contribution in [2.75, 3.05) is 19.7 Å². The van der Waals surface area contributed by atoms with E-state index in [9.17, 15) is 28.3 Å². The molecule has 4 heterocycles. The van der Waals surface area contributed by atoms with Crippen LogP contribution in [0.1, 0.15) is 45.9 Å². The second-order valence-corrected chi connectivity index (χ2v) is 7.50. The first kappa shape index (κ1) is 21.0. The zero-order chi connectivity index (χ0) is 22.3. The van der Waals surface area contributed by atoms with Gasteiger partial charge in [0.15, 0.2) is 17.7 Å². The summed E-state index contributed by atoms with van der Waals surface area (Å²) in [4.78, 5) is 39.8. The summed E-state index contributed by atoms with van der Waals surface area (Å²) in [6, 6.07) is -0.275. The van der Waals surface area contributed by atoms with Gasteiger partial charge in [-0.1, -0.05) is 12.2 Å². The van der Waals surface area contributed by atoms with Gasteiger partial charge in [-0.05, 0) is 25.8 Å². The number of hydrogen-bond donors (Lipinski definition) is 2. The number of pyridine rings is 1. The Morgan fingerprint density at radius 3 is 2.87 bits per heavy atom. The zero-order valence-corrected chi connectivity index (χ0v) is 16.7. The van der Waals surface area contributed by atoms with E-state index in [0.717, 1.165) is 13.0 Å². The van der Waals surface area contributed by atoms with Crippen molar-refractivity contribution in [3.05, 3.63) is 63.1 Å². The first-order valence-corrected chi connectivity index (χ1v) is 9.88. The standard InChI is InChI=1S/C21H21F2N3O5/c1-11(22)10-12(23)4-2-3-7-24-19(29)15-13-5-6-14-21-25(8-9-31-21)20(30)16(26(13)14)18(28)17(15)27/h2-4,10,14,21,28H,5-9H2,1H3,(H,24,29)/b3-2+,11-10+,12-4+. The minimum absolute atomic E-state index is 0.0236. The molecule has 1 saturated heterocycles. The van der Waals surface area contributed by atoms with Crippen molar-refractivity contribution in [1.29, 1.82) is 0 Å². The molecule has 0 aromatic carbocycles. The number of aromatic hydroxyl groups is 1. The fourth-order valence-corrected chi connectivity index (χ4v) is 4.33. The van der Waals surface area contributed by atoms with Crippen LogP contribution < -0.4 is 10.7 Å². The average molecular weight is 433 g/mol. The van der Waals surface area contributed by atoms with Crippen LogP contribution in [0.15, 0.2) is 40.8 Å². The molecule has 1 aromatic heterocycles. The topological polar surface area (TPSA) is 101 Å². The van der Waals surface area contributed by atoms with Crippen LogP contribution in [0.3, 0.4) is 0 Å². The van der Waals surface area contributed by atoms with Gasteiger partial charge >= 0.3 is 0 Å². The van der Waals surface area contributed by atoms with E-state index in [0.29, 0.717) is 37.8 Å². The largest absolute Gasteiger partial charge is 0.503 e. The molecular weight excluding hydrogens is 412 g/mol. The number of carbonyl (C=O) groups excluding carboxylic acids is 2. The maximum atomic E-state index is 13.3. The van der Waals surface area contributed by atoms with Crippen LogP contribution in [-0.4, -0.2) is 52.3 Å². The fraction of sp³-hybridized carbons (Fsp3) is 0.381. The Labute approximate surface area is 176 Å². The van der Waals surface area contributed by atoms with Gasteiger partial charge in [-0.3, -0.25) is 14.4 Å². The van der Waals surface area contributed by atoms with Gasteiger partial charge in [0, 0.05) is 24.9 Å². The number of allylic oxidation sites excluding steroid dienone is 5. The molecule has 2 N–H and O–H groups in total. The maximum Gasteiger partial charge on any atom is 0.276 e. The zero-order valence-electron chi connectivity index (χ0n) is 16.7. The van der Waals surface area contributed by atoms with E-state index >= 15 is 0 Å². The predicted octanol–water partition coefficient (Wildman–Crippen LogP) is 1.87. The number of aromatic nitrogens is 1. The lowest BCUT2D eigenvalue weighted by Crippen LogP contribution is -2.48. The van der Waals surface area contributed by atoms with Crippen LogP contribution >= 0.6 is 0 Å². The summed E-state index contributed by atoms with van der Waals surface area (Å²) in [6.45, 7) is 1.84. The van der Waals surface area contributed by atoms with Crippen molar-refractivity contribution in [3.8, 4) is 5.75 Å². The Hall–Kier alpha value is -3.27. The maximum absolute atomic E-state index is 13.3. The van der Waals surface area contributed by atoms with Crippen LogP contribution in [0.5, 0.6) is 5.75 Å². The molecule has 3 aliphatic rings. The summed E-state index contributed by atoms with van der Waals surface area (Å²) in [7, 11) is 0. The van der Waals surface area contributed by atoms with Gasteiger partial charge < -0.3 is 24.6 Å². The molecule has 2 amide bonds. The highest BCUT2D eigenvalue weighted by atomic mass is 19.1. The molecule has 2 atom stereocenters. The second-order valence-electron chi connectivity index (χ2n) is 7.50. The number of ether oxygens (including phenoxy) is 1. The molecule has 0 radical (unpaired) electrons. The minimum atomic E-state index is -0.898. The van der Waals surface area contributed by atoms with Crippen molar-refractivity contribution in [2.24, 2.45) is 0 Å². The van der Waals surface area contributed by atoms with Crippen molar-refractivity contribution in [2.45, 2.75) is 32.0 Å². The molecule has 164 valence electrons. The summed E-state index contributed by atoms with van der Waals surface area (Å²) in [5, 5.41) is 13.0. The summed E-state index contributed by atoms with van der Waals surface area (Å²) in [5.74, 6) is -3.40. The SMILES string of the molecule is C\C(F)=C/C(F)=C\C=C\CNC(=O)c1c2n3c(c(O)c1=O)C(=O)N1CCOC1C3CC2. The van der Waals surface area contributed by atoms with Crippen LogP contribution in [0, 0.1) is 0 Å². The molecule has 10 heteroatoms. The number of nitrogens with one attached hydrogen (secondary N) is 1. The quantitative estimate of drug-likeness (QED) is 0.691. The number of fused-ring (bicyclic) bond motifs is 2. The Bertz CT molecular complexity index is 1100.